The third kappa shape index (κ3) is 15.8. The molecule has 0 N–H and O–H groups in total. The highest BCUT2D eigenvalue weighted by Gasteiger charge is 2.23. The van der Waals surface area contributed by atoms with Crippen LogP contribution in [-0.4, -0.2) is 0 Å². The van der Waals surface area contributed by atoms with Crippen LogP contribution >= 0.6 is 22.7 Å². The quantitative estimate of drug-likeness (QED) is 0.101. The molecule has 634 valence electrons. The lowest BCUT2D eigenvalue weighted by atomic mass is 9.82. The van der Waals surface area contributed by atoms with Crippen LogP contribution in [0.15, 0.2) is 522 Å². The topological polar surface area (TPSA) is 0 Å². The van der Waals surface area contributed by atoms with E-state index in [1.807, 2.05) is 22.7 Å². The second-order valence-electron chi connectivity index (χ2n) is 34.7. The molecule has 0 aliphatic carbocycles. The summed E-state index contributed by atoms with van der Waals surface area (Å²) in [6.45, 7) is 0. The first-order valence-electron chi connectivity index (χ1n) is 46.0. The normalized spacial score (nSPS) is 11.3. The first-order chi connectivity index (χ1) is 66.4. The number of fused-ring (bicyclic) bond motifs is 18. The molecule has 2 heterocycles. The molecule has 2 aromatic heterocycles. The average molecular weight is 1750 g/mol. The summed E-state index contributed by atoms with van der Waals surface area (Å²) in [5.74, 6) is 0. The fraction of sp³-hybridized carbons (Fsp3) is 0.00752. The van der Waals surface area contributed by atoms with Crippen LogP contribution < -0.4 is 0 Å². The second-order valence-corrected chi connectivity index (χ2v) is 36.8. The van der Waals surface area contributed by atoms with Crippen molar-refractivity contribution >= 4 is 128 Å². The fourth-order valence-electron chi connectivity index (χ4n) is 20.3. The third-order valence-electron chi connectivity index (χ3n) is 26.8. The van der Waals surface area contributed by atoms with Crippen LogP contribution in [0.5, 0.6) is 0 Å². The molecule has 0 unspecified atom stereocenters. The van der Waals surface area contributed by atoms with Gasteiger partial charge in [-0.1, -0.05) is 450 Å². The van der Waals surface area contributed by atoms with Crippen molar-refractivity contribution < 1.29 is 0 Å². The molecule has 0 fully saturated rings. The highest BCUT2D eigenvalue weighted by Crippen LogP contribution is 2.51. The molecule has 0 spiro atoms. The Morgan fingerprint density at radius 3 is 0.593 bits per heavy atom. The Bertz CT molecular complexity index is 8180. The summed E-state index contributed by atoms with van der Waals surface area (Å²) >= 11 is 3.78. The monoisotopic (exact) mass is 1750 g/mol. The minimum absolute atomic E-state index is 0. The van der Waals surface area contributed by atoms with Gasteiger partial charge in [0.1, 0.15) is 0 Å². The summed E-state index contributed by atoms with van der Waals surface area (Å²) in [5, 5.41) is 20.7. The Morgan fingerprint density at radius 2 is 0.281 bits per heavy atom. The molecule has 0 radical (unpaired) electrons. The molecule has 0 nitrogen and oxygen atoms in total. The average Bonchev–Trinajstić information content (AvgIpc) is 1.17. The first kappa shape index (κ1) is 82.7. The van der Waals surface area contributed by atoms with Crippen LogP contribution in [-0.2, 0) is 0 Å². The molecule has 0 bridgehead atoms. The molecule has 0 aliphatic heterocycles. The summed E-state index contributed by atoms with van der Waals surface area (Å²) < 4.78 is 5.40. The van der Waals surface area contributed by atoms with Gasteiger partial charge in [0.25, 0.3) is 0 Å². The molecule has 24 aromatic carbocycles. The number of hydrogen-bond donors (Lipinski definition) is 0. The van der Waals surface area contributed by atoms with E-state index < -0.39 is 0 Å². The summed E-state index contributed by atoms with van der Waals surface area (Å²) in [4.78, 5) is 0. The Balaban J connectivity index is 0.000000116. The molecule has 0 atom stereocenters. The summed E-state index contributed by atoms with van der Waals surface area (Å²) in [7, 11) is 0. The smallest absolute Gasteiger partial charge is 0.0433 e. The van der Waals surface area contributed by atoms with Crippen molar-refractivity contribution in [2.45, 2.75) is 7.43 Å². The van der Waals surface area contributed by atoms with Gasteiger partial charge in [0, 0.05) is 40.3 Å². The van der Waals surface area contributed by atoms with Crippen molar-refractivity contribution in [2.24, 2.45) is 0 Å². The largest absolute Gasteiger partial charge is 0.135 e. The van der Waals surface area contributed by atoms with Crippen molar-refractivity contribution in [2.75, 3.05) is 0 Å². The molecule has 0 saturated carbocycles. The number of hydrogen-bond acceptors (Lipinski definition) is 2. The number of benzene rings is 24. The molecule has 0 amide bonds. The van der Waals surface area contributed by atoms with Gasteiger partial charge in [0.05, 0.1) is 0 Å². The maximum Gasteiger partial charge on any atom is 0.0433 e. The lowest BCUT2D eigenvalue weighted by molar-refractivity contribution is 1.57. The van der Waals surface area contributed by atoms with Gasteiger partial charge in [0.15, 0.2) is 0 Å². The van der Waals surface area contributed by atoms with E-state index in [9.17, 15) is 0 Å². The highest BCUT2D eigenvalue weighted by atomic mass is 32.1. The lowest BCUT2D eigenvalue weighted by Crippen LogP contribution is -1.94. The van der Waals surface area contributed by atoms with Gasteiger partial charge < -0.3 is 0 Å². The van der Waals surface area contributed by atoms with E-state index in [0.29, 0.717) is 0 Å². The van der Waals surface area contributed by atoms with E-state index >= 15 is 0 Å². The summed E-state index contributed by atoms with van der Waals surface area (Å²) in [5.41, 5.74) is 32.1. The van der Waals surface area contributed by atoms with Crippen molar-refractivity contribution in [3.63, 3.8) is 0 Å². The van der Waals surface area contributed by atoms with Crippen LogP contribution in [0.2, 0.25) is 0 Å². The molecule has 26 aromatic rings. The van der Waals surface area contributed by atoms with E-state index in [0.717, 1.165) is 0 Å². The minimum Gasteiger partial charge on any atom is -0.135 e. The van der Waals surface area contributed by atoms with E-state index in [2.05, 4.69) is 522 Å². The van der Waals surface area contributed by atoms with Gasteiger partial charge in [-0.2, -0.15) is 0 Å². The van der Waals surface area contributed by atoms with Gasteiger partial charge >= 0.3 is 0 Å². The maximum absolute atomic E-state index is 2.46. The van der Waals surface area contributed by atoms with Crippen LogP contribution in [0.4, 0.5) is 0 Å². The standard InChI is InChI=1S/C54H36.C42H28.C36H22S2.CH4/c1-7-19-37(20-8-1)43-31-49-50(32-44(43)38-21-9-2-10-22-38)52-34-46(40-25-13-4-14-26-40)48(42-29-17-6-18-30-42)36-54(52)53-35-47(41-27-15-5-16-28-41)45(33-51(49)53)39-23-11-3-12-24-39;1-2-10-29(11-3-1)30-20-22-31(23-21-30)32-12-8-13-33(26-32)34-14-9-15-35(27-34)36-24-25-41-39-18-5-4-16-37(39)38-17-6-7-19-40(38)42(41)28-36;1-3-19-33-29(13-1)31-17-7-15-27(35(31)37-33)25-11-5-9-23(21-25)24-10-6-12-26(22-24)28-16-8-18-32-30-14-2-4-20-34(30)38-36(28)32;/h1-36H;1-28H;1-22H;1H4. The fourth-order valence-corrected chi connectivity index (χ4v) is 22.8. The highest BCUT2D eigenvalue weighted by molar-refractivity contribution is 7.26. The first-order valence-corrected chi connectivity index (χ1v) is 47.7. The molecule has 0 aliphatic rings. The molecule has 135 heavy (non-hydrogen) atoms. The Morgan fingerprint density at radius 1 is 0.0963 bits per heavy atom. The van der Waals surface area contributed by atoms with Crippen LogP contribution in [0.25, 0.3) is 250 Å². The van der Waals surface area contributed by atoms with E-state index in [1.165, 1.54) is 250 Å². The zero-order valence-electron chi connectivity index (χ0n) is 73.5. The van der Waals surface area contributed by atoms with Crippen LogP contribution in [0.3, 0.4) is 0 Å². The predicted molar refractivity (Wildman–Crippen MR) is 588 cm³/mol. The summed E-state index contributed by atoms with van der Waals surface area (Å²) in [6.07, 6.45) is 0. The van der Waals surface area contributed by atoms with Crippen molar-refractivity contribution in [3.8, 4) is 145 Å². The Hall–Kier alpha value is -16.7. The van der Waals surface area contributed by atoms with Gasteiger partial charge in [0.2, 0.25) is 0 Å². The van der Waals surface area contributed by atoms with Gasteiger partial charge in [-0.3, -0.25) is 0 Å². The third-order valence-corrected chi connectivity index (χ3v) is 29.2. The van der Waals surface area contributed by atoms with Gasteiger partial charge in [-0.15, -0.1) is 22.7 Å². The molecular formula is C133H90S2. The van der Waals surface area contributed by atoms with Gasteiger partial charge in [-0.25, -0.2) is 0 Å². The number of thiophene rings is 2. The molecule has 2 heteroatoms. The lowest BCUT2D eigenvalue weighted by Gasteiger charge is -2.21. The molecule has 0 saturated heterocycles. The maximum atomic E-state index is 2.46. The van der Waals surface area contributed by atoms with Crippen molar-refractivity contribution in [1.82, 2.24) is 0 Å². The van der Waals surface area contributed by atoms with Gasteiger partial charge in [-0.05, 0) is 288 Å². The zero-order valence-corrected chi connectivity index (χ0v) is 75.1. The van der Waals surface area contributed by atoms with E-state index in [1.54, 1.807) is 0 Å². The zero-order chi connectivity index (χ0) is 88.8. The van der Waals surface area contributed by atoms with Crippen molar-refractivity contribution in [3.05, 3.63) is 522 Å². The number of rotatable bonds is 13. The van der Waals surface area contributed by atoms with Crippen LogP contribution in [0.1, 0.15) is 7.43 Å². The van der Waals surface area contributed by atoms with Crippen molar-refractivity contribution in [1.29, 1.82) is 0 Å². The van der Waals surface area contributed by atoms with E-state index in [-0.39, 0.29) is 7.43 Å². The Kier molecular flexibility index (Phi) is 22.2. The predicted octanol–water partition coefficient (Wildman–Crippen LogP) is 39.0. The summed E-state index contributed by atoms with van der Waals surface area (Å²) in [6, 6.07) is 190. The van der Waals surface area contributed by atoms with Crippen LogP contribution in [0, 0.1) is 0 Å². The Labute approximate surface area is 795 Å². The minimum atomic E-state index is 0. The second kappa shape index (κ2) is 36.2. The SMILES string of the molecule is C.c1cc(-c2cccc(-c3cccc4c3sc3ccccc34)c2)cc(-c2cccc3c2sc2ccccc23)c1.c1ccc(-c2cc3c4cc(-c5ccccc5)c(-c5ccccc5)cc4c4cc(-c5ccccc5)c(-c5ccccc5)cc4c3cc2-c2ccccc2)cc1.c1ccc(-c2ccc(-c3cccc(-c4cccc(-c5ccc6c7ccccc7c7ccccc7c6c5)c4)c3)cc2)cc1. The van der Waals surface area contributed by atoms with E-state index in [4.69, 9.17) is 0 Å². The molecule has 26 rings (SSSR count). The molecular weight excluding hydrogens is 1660 g/mol.